The van der Waals surface area contributed by atoms with Gasteiger partial charge in [0.05, 0.1) is 12.2 Å². The first-order valence-corrected chi connectivity index (χ1v) is 14.8. The van der Waals surface area contributed by atoms with E-state index in [9.17, 15) is 9.59 Å². The number of carbonyl (C=O) groups is 2. The fourth-order valence-electron chi connectivity index (χ4n) is 5.57. The first-order chi connectivity index (χ1) is 20.1. The Hall–Kier alpha value is -4.27. The van der Waals surface area contributed by atoms with Crippen LogP contribution in [0.25, 0.3) is 5.65 Å². The number of benzene rings is 1. The molecule has 2 atom stereocenters. The van der Waals surface area contributed by atoms with Gasteiger partial charge in [-0.2, -0.15) is 0 Å². The van der Waals surface area contributed by atoms with Crippen molar-refractivity contribution >= 4 is 23.1 Å². The first kappa shape index (κ1) is 29.2. The molecule has 2 amide bonds. The molecule has 9 heteroatoms. The number of carbonyl (C=O) groups excluding carboxylic acids is 2. The molecule has 0 aliphatic heterocycles. The molecule has 9 nitrogen and oxygen atoms in total. The number of pyridine rings is 2. The molecule has 0 saturated heterocycles. The zero-order valence-electron chi connectivity index (χ0n) is 25.3. The lowest BCUT2D eigenvalue weighted by atomic mass is 9.85. The number of rotatable bonds is 8. The van der Waals surface area contributed by atoms with Crippen molar-refractivity contribution in [2.24, 2.45) is 0 Å². The molecular weight excluding hydrogens is 528 g/mol. The molecule has 0 bridgehead atoms. The van der Waals surface area contributed by atoms with Gasteiger partial charge in [0.15, 0.2) is 11.4 Å². The van der Waals surface area contributed by atoms with Gasteiger partial charge < -0.3 is 15.4 Å². The smallest absolute Gasteiger partial charge is 0.319 e. The summed E-state index contributed by atoms with van der Waals surface area (Å²) in [6.45, 7) is 11.9. The number of Topliss-reactive ketones (excluding diaryl/α,β-unsaturated/α-hetero) is 1. The number of hydrogen-bond acceptors (Lipinski definition) is 6. The van der Waals surface area contributed by atoms with E-state index in [1.54, 1.807) is 6.07 Å². The summed E-state index contributed by atoms with van der Waals surface area (Å²) in [5, 5.41) is 14.9. The van der Waals surface area contributed by atoms with Crippen LogP contribution in [0.5, 0.6) is 5.75 Å². The summed E-state index contributed by atoms with van der Waals surface area (Å²) in [5.41, 5.74) is 4.23. The Labute approximate surface area is 247 Å². The van der Waals surface area contributed by atoms with Crippen molar-refractivity contribution in [1.82, 2.24) is 24.9 Å². The third-order valence-corrected chi connectivity index (χ3v) is 7.98. The molecule has 4 aromatic rings. The van der Waals surface area contributed by atoms with Crippen molar-refractivity contribution in [2.45, 2.75) is 90.7 Å². The Morgan fingerprint density at radius 3 is 2.45 bits per heavy atom. The van der Waals surface area contributed by atoms with Crippen LogP contribution in [-0.2, 0) is 5.41 Å². The Kier molecular flexibility index (Phi) is 8.29. The highest BCUT2D eigenvalue weighted by atomic mass is 16.5. The van der Waals surface area contributed by atoms with Gasteiger partial charge in [-0.3, -0.25) is 9.20 Å². The molecule has 1 aromatic carbocycles. The number of anilines is 1. The van der Waals surface area contributed by atoms with Gasteiger partial charge in [-0.05, 0) is 61.1 Å². The molecule has 5 rings (SSSR count). The highest BCUT2D eigenvalue weighted by Gasteiger charge is 2.30. The van der Waals surface area contributed by atoms with Crippen LogP contribution in [0.2, 0.25) is 0 Å². The van der Waals surface area contributed by atoms with Crippen LogP contribution in [0, 0.1) is 0 Å². The monoisotopic (exact) mass is 568 g/mol. The van der Waals surface area contributed by atoms with Crippen LogP contribution in [-0.4, -0.2) is 31.4 Å². The van der Waals surface area contributed by atoms with E-state index in [1.165, 1.54) is 6.92 Å². The third kappa shape index (κ3) is 6.15. The van der Waals surface area contributed by atoms with E-state index in [0.717, 1.165) is 53.3 Å². The summed E-state index contributed by atoms with van der Waals surface area (Å²) in [5.74, 6) is 1.91. The maximum Gasteiger partial charge on any atom is 0.319 e. The minimum atomic E-state index is -0.332. The van der Waals surface area contributed by atoms with E-state index in [0.29, 0.717) is 23.7 Å². The second-order valence-electron chi connectivity index (χ2n) is 12.1. The van der Waals surface area contributed by atoms with Crippen LogP contribution in [0.4, 0.5) is 10.5 Å². The SMILES string of the molecule is CCC(CC)c1nnc2ccc(O[C@@H]3CC[C@H](NC(=O)Nc4cc(C(C)=O)nc(C(C)(C)C)c4)c4ccccc43)cn12. The molecule has 2 N–H and O–H groups in total. The maximum atomic E-state index is 13.2. The van der Waals surface area contributed by atoms with Gasteiger partial charge in [0.1, 0.15) is 23.4 Å². The molecule has 42 heavy (non-hydrogen) atoms. The summed E-state index contributed by atoms with van der Waals surface area (Å²) in [6.07, 6.45) is 5.28. The molecule has 0 fully saturated rings. The molecule has 1 aliphatic rings. The largest absolute Gasteiger partial charge is 0.484 e. The van der Waals surface area contributed by atoms with Gasteiger partial charge in [-0.25, -0.2) is 9.78 Å². The number of nitrogens with one attached hydrogen (secondary N) is 2. The first-order valence-electron chi connectivity index (χ1n) is 14.8. The van der Waals surface area contributed by atoms with E-state index in [-0.39, 0.29) is 29.4 Å². The van der Waals surface area contributed by atoms with Crippen molar-refractivity contribution in [1.29, 1.82) is 0 Å². The Morgan fingerprint density at radius 2 is 1.76 bits per heavy atom. The van der Waals surface area contributed by atoms with Crippen LogP contribution in [0.3, 0.4) is 0 Å². The number of hydrogen-bond donors (Lipinski definition) is 2. The average molecular weight is 569 g/mol. The van der Waals surface area contributed by atoms with Crippen molar-refractivity contribution in [3.8, 4) is 5.75 Å². The number of ketones is 1. The molecule has 3 aromatic heterocycles. The molecular formula is C33H40N6O3. The van der Waals surface area contributed by atoms with E-state index in [2.05, 4.69) is 45.7 Å². The highest BCUT2D eigenvalue weighted by Crippen LogP contribution is 2.39. The molecule has 1 aliphatic carbocycles. The topological polar surface area (TPSA) is 111 Å². The van der Waals surface area contributed by atoms with Crippen LogP contribution < -0.4 is 15.4 Å². The van der Waals surface area contributed by atoms with Crippen molar-refractivity contribution in [2.75, 3.05) is 5.32 Å². The Balaban J connectivity index is 1.33. The fourth-order valence-corrected chi connectivity index (χ4v) is 5.57. The lowest BCUT2D eigenvalue weighted by Gasteiger charge is -2.32. The average Bonchev–Trinajstić information content (AvgIpc) is 3.37. The van der Waals surface area contributed by atoms with Crippen LogP contribution >= 0.6 is 0 Å². The number of urea groups is 1. The van der Waals surface area contributed by atoms with Crippen LogP contribution in [0.1, 0.15) is 118 Å². The molecule has 3 heterocycles. The number of fused-ring (bicyclic) bond motifs is 2. The van der Waals surface area contributed by atoms with Gasteiger partial charge in [0.25, 0.3) is 0 Å². The summed E-state index contributed by atoms with van der Waals surface area (Å²) < 4.78 is 8.59. The number of amides is 2. The maximum absolute atomic E-state index is 13.2. The van der Waals surface area contributed by atoms with Crippen LogP contribution in [0.15, 0.2) is 54.7 Å². The minimum Gasteiger partial charge on any atom is -0.484 e. The number of aromatic nitrogens is 4. The van der Waals surface area contributed by atoms with E-state index < -0.39 is 0 Å². The van der Waals surface area contributed by atoms with E-state index >= 15 is 0 Å². The standard InChI is InChI=1S/C33H40N6O3/c1-7-21(8-2)31-38-37-30-16-13-23(19-39(30)31)42-28-15-14-26(24-11-9-10-12-25(24)28)36-32(41)34-22-17-27(20(3)40)35-29(18-22)33(4,5)6/h9-13,16-19,21,26,28H,7-8,14-15H2,1-6H3,(H2,34,35,36,41)/t26-,28+/m0/s1. The molecule has 0 radical (unpaired) electrons. The summed E-state index contributed by atoms with van der Waals surface area (Å²) in [7, 11) is 0. The Bertz CT molecular complexity index is 1600. The van der Waals surface area contributed by atoms with Crippen molar-refractivity contribution in [3.05, 3.63) is 83.1 Å². The van der Waals surface area contributed by atoms with Gasteiger partial charge >= 0.3 is 6.03 Å². The van der Waals surface area contributed by atoms with Gasteiger partial charge in [0.2, 0.25) is 0 Å². The second-order valence-corrected chi connectivity index (χ2v) is 12.1. The summed E-state index contributed by atoms with van der Waals surface area (Å²) in [4.78, 5) is 29.8. The lowest BCUT2D eigenvalue weighted by molar-refractivity contribution is 0.101. The molecule has 0 spiro atoms. The number of nitrogens with zero attached hydrogens (tertiary/aromatic N) is 4. The molecule has 0 unspecified atom stereocenters. The lowest BCUT2D eigenvalue weighted by Crippen LogP contribution is -2.35. The zero-order chi connectivity index (χ0) is 30.0. The summed E-state index contributed by atoms with van der Waals surface area (Å²) >= 11 is 0. The minimum absolute atomic E-state index is 0.146. The molecule has 0 saturated carbocycles. The normalized spacial score (nSPS) is 16.7. The number of ether oxygens (including phenoxy) is 1. The summed E-state index contributed by atoms with van der Waals surface area (Å²) in [6, 6.07) is 14.9. The van der Waals surface area contributed by atoms with Gasteiger partial charge in [0, 0.05) is 29.6 Å². The third-order valence-electron chi connectivity index (χ3n) is 7.98. The van der Waals surface area contributed by atoms with Crippen molar-refractivity contribution in [3.63, 3.8) is 0 Å². The van der Waals surface area contributed by atoms with Crippen molar-refractivity contribution < 1.29 is 14.3 Å². The van der Waals surface area contributed by atoms with E-state index in [4.69, 9.17) is 4.74 Å². The second kappa shape index (κ2) is 11.9. The Morgan fingerprint density at radius 1 is 1.02 bits per heavy atom. The molecule has 220 valence electrons. The highest BCUT2D eigenvalue weighted by molar-refractivity contribution is 5.95. The van der Waals surface area contributed by atoms with E-state index in [1.807, 2.05) is 67.8 Å². The quantitative estimate of drug-likeness (QED) is 0.216. The van der Waals surface area contributed by atoms with Gasteiger partial charge in [-0.15, -0.1) is 10.2 Å². The zero-order valence-corrected chi connectivity index (χ0v) is 25.3. The fraction of sp³-hybridized carbons (Fsp3) is 0.424. The predicted octanol–water partition coefficient (Wildman–Crippen LogP) is 7.30. The predicted molar refractivity (Wildman–Crippen MR) is 163 cm³/mol. The van der Waals surface area contributed by atoms with Gasteiger partial charge in [-0.1, -0.05) is 58.9 Å².